The van der Waals surface area contributed by atoms with Gasteiger partial charge in [-0.05, 0) is 34.4 Å². The van der Waals surface area contributed by atoms with Crippen LogP contribution in [0.15, 0.2) is 66.7 Å². The molecule has 31 heavy (non-hydrogen) atoms. The van der Waals surface area contributed by atoms with Gasteiger partial charge >= 0.3 is 6.09 Å². The van der Waals surface area contributed by atoms with Gasteiger partial charge in [-0.2, -0.15) is 0 Å². The van der Waals surface area contributed by atoms with E-state index in [9.17, 15) is 19.4 Å². The molecule has 0 saturated heterocycles. The molecule has 0 aliphatic heterocycles. The van der Waals surface area contributed by atoms with Crippen LogP contribution in [-0.2, 0) is 4.74 Å². The monoisotopic (exact) mass is 441 g/mol. The lowest BCUT2D eigenvalue weighted by Crippen LogP contribution is -2.36. The molecule has 0 spiro atoms. The van der Waals surface area contributed by atoms with E-state index in [0.717, 1.165) is 28.3 Å². The Bertz CT molecular complexity index is 1060. The van der Waals surface area contributed by atoms with Crippen LogP contribution in [0.2, 0.25) is 5.02 Å². The molecule has 1 amide bonds. The molecule has 0 bridgehead atoms. The van der Waals surface area contributed by atoms with E-state index in [1.54, 1.807) is 0 Å². The number of amides is 1. The highest BCUT2D eigenvalue weighted by Gasteiger charge is 2.29. The number of fused-ring (bicyclic) bond motifs is 3. The zero-order valence-electron chi connectivity index (χ0n) is 16.5. The molecule has 3 aromatic carbocycles. The largest absolute Gasteiger partial charge is 0.449 e. The van der Waals surface area contributed by atoms with Gasteiger partial charge in [-0.3, -0.25) is 0 Å². The second-order valence-electron chi connectivity index (χ2n) is 7.38. The van der Waals surface area contributed by atoms with Gasteiger partial charge in [0, 0.05) is 23.0 Å². The number of aliphatic hydroxyl groups excluding tert-OH is 2. The second kappa shape index (κ2) is 9.06. The van der Waals surface area contributed by atoms with E-state index < -0.39 is 24.1 Å². The molecule has 1 aliphatic carbocycles. The minimum absolute atomic E-state index is 0.0863. The number of hydrogen-bond donors (Lipinski definition) is 3. The molecule has 0 saturated carbocycles. The Hall–Kier alpha value is -2.93. The highest BCUT2D eigenvalue weighted by Crippen LogP contribution is 2.44. The number of carbonyl (C=O) groups is 1. The normalized spacial score (nSPS) is 14.5. The lowest BCUT2D eigenvalue weighted by molar-refractivity contribution is 0.0165. The van der Waals surface area contributed by atoms with Crippen molar-refractivity contribution < 1.29 is 24.1 Å². The van der Waals surface area contributed by atoms with Gasteiger partial charge in [0.15, 0.2) is 0 Å². The number of halogens is 2. The zero-order valence-corrected chi connectivity index (χ0v) is 17.2. The predicted octanol–water partition coefficient (Wildman–Crippen LogP) is 4.41. The van der Waals surface area contributed by atoms with E-state index in [1.807, 2.05) is 48.5 Å². The minimum atomic E-state index is -1.52. The number of aliphatic hydroxyl groups is 2. The van der Waals surface area contributed by atoms with Crippen molar-refractivity contribution >= 4 is 17.7 Å². The van der Waals surface area contributed by atoms with Crippen LogP contribution in [-0.4, -0.2) is 35.6 Å². The number of benzene rings is 3. The van der Waals surface area contributed by atoms with Crippen molar-refractivity contribution in [3.8, 4) is 11.1 Å². The summed E-state index contributed by atoms with van der Waals surface area (Å²) < 4.78 is 19.3. The molecule has 5 nitrogen and oxygen atoms in total. The van der Waals surface area contributed by atoms with Gasteiger partial charge < -0.3 is 20.3 Å². The lowest BCUT2D eigenvalue weighted by atomic mass is 9.98. The fourth-order valence-corrected chi connectivity index (χ4v) is 4.06. The average Bonchev–Trinajstić information content (AvgIpc) is 3.09. The van der Waals surface area contributed by atoms with Gasteiger partial charge in [0.25, 0.3) is 0 Å². The first-order chi connectivity index (χ1) is 15.0. The maximum Gasteiger partial charge on any atom is 0.407 e. The smallest absolute Gasteiger partial charge is 0.407 e. The number of alkyl carbamates (subject to hydrolysis) is 1. The number of carbonyl (C=O) groups excluding carboxylic acids is 1. The van der Waals surface area contributed by atoms with Crippen LogP contribution in [0.5, 0.6) is 0 Å². The van der Waals surface area contributed by atoms with Gasteiger partial charge in [0.2, 0.25) is 0 Å². The van der Waals surface area contributed by atoms with Crippen LogP contribution in [0.4, 0.5) is 9.18 Å². The van der Waals surface area contributed by atoms with Gasteiger partial charge in [0.05, 0.1) is 0 Å². The lowest BCUT2D eigenvalue weighted by Gasteiger charge is -2.20. The molecule has 2 unspecified atom stereocenters. The van der Waals surface area contributed by atoms with Crippen LogP contribution in [0.1, 0.15) is 28.7 Å². The summed E-state index contributed by atoms with van der Waals surface area (Å²) in [5, 5.41) is 22.9. The van der Waals surface area contributed by atoms with Crippen molar-refractivity contribution in [2.75, 3.05) is 13.2 Å². The SMILES string of the molecule is O=C(NCC(O)C(O)c1ccc(Cl)cc1F)OCC1c2ccccc2-c2ccccc21. The van der Waals surface area contributed by atoms with E-state index in [1.165, 1.54) is 12.1 Å². The van der Waals surface area contributed by atoms with Crippen LogP contribution >= 0.6 is 11.6 Å². The second-order valence-corrected chi connectivity index (χ2v) is 7.82. The summed E-state index contributed by atoms with van der Waals surface area (Å²) in [5.41, 5.74) is 4.31. The van der Waals surface area contributed by atoms with E-state index in [2.05, 4.69) is 5.32 Å². The molecular weight excluding hydrogens is 421 g/mol. The summed E-state index contributed by atoms with van der Waals surface area (Å²) in [6.45, 7) is -0.176. The van der Waals surface area contributed by atoms with Crippen molar-refractivity contribution in [3.63, 3.8) is 0 Å². The molecule has 3 N–H and O–H groups in total. The summed E-state index contributed by atoms with van der Waals surface area (Å²) in [5.74, 6) is -0.822. The molecule has 1 aliphatic rings. The highest BCUT2D eigenvalue weighted by molar-refractivity contribution is 6.30. The van der Waals surface area contributed by atoms with Crippen molar-refractivity contribution in [2.45, 2.75) is 18.1 Å². The first kappa shape index (κ1) is 21.3. The number of rotatable bonds is 6. The Balaban J connectivity index is 1.35. The Morgan fingerprint density at radius 3 is 2.26 bits per heavy atom. The fraction of sp³-hybridized carbons (Fsp3) is 0.208. The van der Waals surface area contributed by atoms with Gasteiger partial charge in [-0.1, -0.05) is 66.2 Å². The first-order valence-electron chi connectivity index (χ1n) is 9.85. The van der Waals surface area contributed by atoms with Crippen molar-refractivity contribution in [1.82, 2.24) is 5.32 Å². The van der Waals surface area contributed by atoms with Gasteiger partial charge in [0.1, 0.15) is 24.6 Å². The third kappa shape index (κ3) is 4.42. The number of nitrogens with one attached hydrogen (secondary N) is 1. The Labute approximate surface area is 184 Å². The summed E-state index contributed by atoms with van der Waals surface area (Å²) in [6, 6.07) is 19.7. The molecule has 0 radical (unpaired) electrons. The van der Waals surface area contributed by atoms with Crippen LogP contribution in [0.3, 0.4) is 0 Å². The molecule has 2 atom stereocenters. The summed E-state index contributed by atoms with van der Waals surface area (Å²) in [7, 11) is 0. The van der Waals surface area contributed by atoms with Crippen molar-refractivity contribution in [2.24, 2.45) is 0 Å². The van der Waals surface area contributed by atoms with Crippen LogP contribution < -0.4 is 5.32 Å². The van der Waals surface area contributed by atoms with Gasteiger partial charge in [-0.25, -0.2) is 9.18 Å². The molecule has 3 aromatic rings. The highest BCUT2D eigenvalue weighted by atomic mass is 35.5. The summed E-state index contributed by atoms with van der Waals surface area (Å²) in [4.78, 5) is 12.2. The maximum absolute atomic E-state index is 13.9. The maximum atomic E-state index is 13.9. The number of hydrogen-bond acceptors (Lipinski definition) is 4. The van der Waals surface area contributed by atoms with E-state index >= 15 is 0 Å². The molecule has 4 rings (SSSR count). The number of ether oxygens (including phenoxy) is 1. The molecule has 0 fully saturated rings. The third-order valence-electron chi connectivity index (χ3n) is 5.44. The summed E-state index contributed by atoms with van der Waals surface area (Å²) >= 11 is 5.70. The third-order valence-corrected chi connectivity index (χ3v) is 5.68. The van der Waals surface area contributed by atoms with E-state index in [4.69, 9.17) is 16.3 Å². The minimum Gasteiger partial charge on any atom is -0.449 e. The van der Waals surface area contributed by atoms with Crippen LogP contribution in [0, 0.1) is 5.82 Å². The predicted molar refractivity (Wildman–Crippen MR) is 115 cm³/mol. The van der Waals surface area contributed by atoms with Gasteiger partial charge in [-0.15, -0.1) is 0 Å². The first-order valence-corrected chi connectivity index (χ1v) is 10.2. The molecule has 0 aromatic heterocycles. The Morgan fingerprint density at radius 1 is 1.03 bits per heavy atom. The molecular formula is C24H21ClFNO4. The fourth-order valence-electron chi connectivity index (χ4n) is 3.90. The molecule has 160 valence electrons. The van der Waals surface area contributed by atoms with Crippen molar-refractivity contribution in [1.29, 1.82) is 0 Å². The average molecular weight is 442 g/mol. The van der Waals surface area contributed by atoms with Crippen LogP contribution in [0.25, 0.3) is 11.1 Å². The van der Waals surface area contributed by atoms with Crippen molar-refractivity contribution in [3.05, 3.63) is 94.3 Å². The van der Waals surface area contributed by atoms with E-state index in [-0.39, 0.29) is 29.7 Å². The van der Waals surface area contributed by atoms with E-state index in [0.29, 0.717) is 0 Å². The molecule has 7 heteroatoms. The Kier molecular flexibility index (Phi) is 6.23. The standard InChI is InChI=1S/C24H21ClFNO4/c25-14-9-10-19(21(26)11-14)23(29)22(28)12-27-24(30)31-13-20-17-7-3-1-5-15(17)16-6-2-4-8-18(16)20/h1-11,20,22-23,28-29H,12-13H2,(H,27,30). The Morgan fingerprint density at radius 2 is 1.65 bits per heavy atom. The topological polar surface area (TPSA) is 78.8 Å². The quantitative estimate of drug-likeness (QED) is 0.529. The molecule has 0 heterocycles. The zero-order chi connectivity index (χ0) is 22.0. The summed E-state index contributed by atoms with van der Waals surface area (Å²) in [6.07, 6.45) is -3.67.